The molecular formula is C14H18O. The van der Waals surface area contributed by atoms with Crippen LogP contribution in [-0.2, 0) is 11.2 Å². The van der Waals surface area contributed by atoms with Crippen LogP contribution in [-0.4, -0.2) is 6.29 Å². The highest BCUT2D eigenvalue weighted by molar-refractivity contribution is 5.65. The van der Waals surface area contributed by atoms with E-state index in [-0.39, 0.29) is 5.92 Å². The third-order valence-corrected chi connectivity index (χ3v) is 3.64. The standard InChI is InChI=1S/C14H18O/c1-3-10(2)12-6-4-11-5-7-13(9-15)14(11)8-12/h4,6,8-10,13H,3,5,7H2,1-2H3. The highest BCUT2D eigenvalue weighted by Gasteiger charge is 2.22. The second kappa shape index (κ2) is 4.18. The van der Waals surface area contributed by atoms with E-state index in [1.54, 1.807) is 0 Å². The first kappa shape index (κ1) is 10.4. The van der Waals surface area contributed by atoms with Gasteiger partial charge in [-0.05, 0) is 41.9 Å². The number of aldehydes is 1. The molecule has 0 saturated carbocycles. The maximum Gasteiger partial charge on any atom is 0.127 e. The molecule has 1 aromatic rings. The van der Waals surface area contributed by atoms with Gasteiger partial charge in [0.2, 0.25) is 0 Å². The average Bonchev–Trinajstić information content (AvgIpc) is 2.69. The van der Waals surface area contributed by atoms with Crippen LogP contribution in [0.25, 0.3) is 0 Å². The Hall–Kier alpha value is -1.11. The fourth-order valence-electron chi connectivity index (χ4n) is 2.34. The van der Waals surface area contributed by atoms with E-state index in [2.05, 4.69) is 32.0 Å². The zero-order chi connectivity index (χ0) is 10.8. The summed E-state index contributed by atoms with van der Waals surface area (Å²) in [6.45, 7) is 4.45. The van der Waals surface area contributed by atoms with Gasteiger partial charge in [0.1, 0.15) is 6.29 Å². The third-order valence-electron chi connectivity index (χ3n) is 3.64. The summed E-state index contributed by atoms with van der Waals surface area (Å²) in [5, 5.41) is 0. The molecule has 1 aliphatic rings. The molecule has 0 radical (unpaired) electrons. The first-order valence-electron chi connectivity index (χ1n) is 5.84. The second-order valence-corrected chi connectivity index (χ2v) is 4.55. The molecule has 0 saturated heterocycles. The minimum Gasteiger partial charge on any atom is -0.303 e. The summed E-state index contributed by atoms with van der Waals surface area (Å²) in [4.78, 5) is 10.9. The summed E-state index contributed by atoms with van der Waals surface area (Å²) in [7, 11) is 0. The van der Waals surface area contributed by atoms with Crippen molar-refractivity contribution in [3.63, 3.8) is 0 Å². The van der Waals surface area contributed by atoms with Gasteiger partial charge in [-0.2, -0.15) is 0 Å². The summed E-state index contributed by atoms with van der Waals surface area (Å²) in [5.74, 6) is 0.757. The Kier molecular flexibility index (Phi) is 2.90. The van der Waals surface area contributed by atoms with Gasteiger partial charge in [0.05, 0.1) is 0 Å². The fraction of sp³-hybridized carbons (Fsp3) is 0.500. The van der Waals surface area contributed by atoms with E-state index in [1.807, 2.05) is 0 Å². The van der Waals surface area contributed by atoms with Crippen LogP contribution >= 0.6 is 0 Å². The van der Waals surface area contributed by atoms with Gasteiger partial charge in [-0.1, -0.05) is 32.0 Å². The molecule has 1 heteroatoms. The Morgan fingerprint density at radius 2 is 2.33 bits per heavy atom. The van der Waals surface area contributed by atoms with Crippen LogP contribution in [0.1, 0.15) is 55.2 Å². The molecule has 1 aliphatic carbocycles. The lowest BCUT2D eigenvalue weighted by molar-refractivity contribution is -0.109. The number of rotatable bonds is 3. The smallest absolute Gasteiger partial charge is 0.127 e. The van der Waals surface area contributed by atoms with Crippen molar-refractivity contribution < 1.29 is 4.79 Å². The maximum absolute atomic E-state index is 10.9. The van der Waals surface area contributed by atoms with Gasteiger partial charge in [0, 0.05) is 5.92 Å². The molecule has 2 rings (SSSR count). The number of fused-ring (bicyclic) bond motifs is 1. The van der Waals surface area contributed by atoms with Gasteiger partial charge >= 0.3 is 0 Å². The fourth-order valence-corrected chi connectivity index (χ4v) is 2.34. The number of carbonyl (C=O) groups is 1. The number of hydrogen-bond donors (Lipinski definition) is 0. The van der Waals surface area contributed by atoms with Gasteiger partial charge in [0.15, 0.2) is 0 Å². The van der Waals surface area contributed by atoms with E-state index < -0.39 is 0 Å². The molecule has 1 aromatic carbocycles. The Morgan fingerprint density at radius 1 is 1.53 bits per heavy atom. The topological polar surface area (TPSA) is 17.1 Å². The van der Waals surface area contributed by atoms with Gasteiger partial charge in [-0.25, -0.2) is 0 Å². The lowest BCUT2D eigenvalue weighted by Crippen LogP contribution is -1.97. The van der Waals surface area contributed by atoms with Gasteiger partial charge in [-0.15, -0.1) is 0 Å². The second-order valence-electron chi connectivity index (χ2n) is 4.55. The lowest BCUT2D eigenvalue weighted by Gasteiger charge is -2.12. The van der Waals surface area contributed by atoms with Crippen LogP contribution < -0.4 is 0 Å². The normalized spacial score (nSPS) is 21.1. The Bertz CT molecular complexity index is 368. The van der Waals surface area contributed by atoms with Crippen molar-refractivity contribution in [1.29, 1.82) is 0 Å². The van der Waals surface area contributed by atoms with E-state index >= 15 is 0 Å². The van der Waals surface area contributed by atoms with Gasteiger partial charge < -0.3 is 4.79 Å². The molecule has 2 atom stereocenters. The molecule has 0 amide bonds. The first-order valence-corrected chi connectivity index (χ1v) is 5.84. The summed E-state index contributed by atoms with van der Waals surface area (Å²) >= 11 is 0. The summed E-state index contributed by atoms with van der Waals surface area (Å²) in [6, 6.07) is 6.68. The van der Waals surface area contributed by atoms with E-state index in [0.29, 0.717) is 5.92 Å². The van der Waals surface area contributed by atoms with Crippen LogP contribution in [0, 0.1) is 0 Å². The zero-order valence-corrected chi connectivity index (χ0v) is 9.49. The summed E-state index contributed by atoms with van der Waals surface area (Å²) < 4.78 is 0. The Morgan fingerprint density at radius 3 is 3.00 bits per heavy atom. The lowest BCUT2D eigenvalue weighted by atomic mass is 9.93. The molecule has 0 bridgehead atoms. The van der Waals surface area contributed by atoms with Crippen molar-refractivity contribution in [2.75, 3.05) is 0 Å². The molecule has 80 valence electrons. The highest BCUT2D eigenvalue weighted by atomic mass is 16.1. The molecular weight excluding hydrogens is 184 g/mol. The molecule has 0 N–H and O–H groups in total. The third kappa shape index (κ3) is 1.83. The number of aryl methyl sites for hydroxylation is 1. The summed E-state index contributed by atoms with van der Waals surface area (Å²) in [6.07, 6.45) is 4.33. The van der Waals surface area contributed by atoms with Crippen LogP contribution in [0.3, 0.4) is 0 Å². The minimum absolute atomic E-state index is 0.156. The Balaban J connectivity index is 2.36. The molecule has 0 heterocycles. The van der Waals surface area contributed by atoms with Gasteiger partial charge in [-0.3, -0.25) is 0 Å². The predicted octanol–water partition coefficient (Wildman–Crippen LogP) is 3.43. The monoisotopic (exact) mass is 202 g/mol. The largest absolute Gasteiger partial charge is 0.303 e. The van der Waals surface area contributed by atoms with Crippen LogP contribution in [0.2, 0.25) is 0 Å². The van der Waals surface area contributed by atoms with Gasteiger partial charge in [0.25, 0.3) is 0 Å². The van der Waals surface area contributed by atoms with Crippen LogP contribution in [0.5, 0.6) is 0 Å². The molecule has 0 aliphatic heterocycles. The van der Waals surface area contributed by atoms with Crippen LogP contribution in [0.4, 0.5) is 0 Å². The molecule has 15 heavy (non-hydrogen) atoms. The molecule has 0 fully saturated rings. The van der Waals surface area contributed by atoms with E-state index in [4.69, 9.17) is 0 Å². The summed E-state index contributed by atoms with van der Waals surface area (Å²) in [5.41, 5.74) is 4.03. The molecule has 0 spiro atoms. The van der Waals surface area contributed by atoms with E-state index in [9.17, 15) is 4.79 Å². The molecule has 1 nitrogen and oxygen atoms in total. The van der Waals surface area contributed by atoms with Crippen molar-refractivity contribution in [2.24, 2.45) is 0 Å². The van der Waals surface area contributed by atoms with Crippen molar-refractivity contribution in [3.8, 4) is 0 Å². The first-order chi connectivity index (χ1) is 7.26. The van der Waals surface area contributed by atoms with Crippen molar-refractivity contribution in [1.82, 2.24) is 0 Å². The SMILES string of the molecule is CCC(C)c1ccc2c(c1)C(C=O)CC2. The van der Waals surface area contributed by atoms with E-state index in [1.165, 1.54) is 16.7 Å². The quantitative estimate of drug-likeness (QED) is 0.686. The van der Waals surface area contributed by atoms with E-state index in [0.717, 1.165) is 25.5 Å². The molecule has 0 aromatic heterocycles. The van der Waals surface area contributed by atoms with Crippen molar-refractivity contribution >= 4 is 6.29 Å². The zero-order valence-electron chi connectivity index (χ0n) is 9.49. The van der Waals surface area contributed by atoms with Crippen molar-refractivity contribution in [2.45, 2.75) is 44.9 Å². The number of carbonyl (C=O) groups excluding carboxylic acids is 1. The highest BCUT2D eigenvalue weighted by Crippen LogP contribution is 2.34. The Labute approximate surface area is 91.5 Å². The maximum atomic E-state index is 10.9. The number of benzene rings is 1. The number of hydrogen-bond acceptors (Lipinski definition) is 1. The predicted molar refractivity (Wildman–Crippen MR) is 62.3 cm³/mol. The average molecular weight is 202 g/mol. The minimum atomic E-state index is 0.156. The molecule has 2 unspecified atom stereocenters. The van der Waals surface area contributed by atoms with Crippen molar-refractivity contribution in [3.05, 3.63) is 34.9 Å². The van der Waals surface area contributed by atoms with Crippen LogP contribution in [0.15, 0.2) is 18.2 Å².